The average molecular weight is 370 g/mol. The van der Waals surface area contributed by atoms with Crippen molar-refractivity contribution in [1.29, 1.82) is 5.26 Å². The van der Waals surface area contributed by atoms with Crippen LogP contribution in [0.25, 0.3) is 6.08 Å². The van der Waals surface area contributed by atoms with Crippen LogP contribution in [-0.2, 0) is 14.3 Å². The molecule has 0 saturated heterocycles. The minimum atomic E-state index is -0.812. The Kier molecular flexibility index (Phi) is 7.42. The Morgan fingerprint density at radius 2 is 1.96 bits per heavy atom. The van der Waals surface area contributed by atoms with E-state index in [1.165, 1.54) is 12.5 Å². The van der Waals surface area contributed by atoms with E-state index in [9.17, 15) is 14.9 Å². The largest absolute Gasteiger partial charge is 0.497 e. The van der Waals surface area contributed by atoms with Gasteiger partial charge in [-0.25, -0.2) is 4.79 Å². The fourth-order valence-electron chi connectivity index (χ4n) is 3.25. The highest BCUT2D eigenvalue weighted by Crippen LogP contribution is 2.29. The highest BCUT2D eigenvalue weighted by atomic mass is 16.5. The van der Waals surface area contributed by atoms with Gasteiger partial charge in [0.1, 0.15) is 17.4 Å². The summed E-state index contributed by atoms with van der Waals surface area (Å²) in [5.74, 6) is 0.480. The van der Waals surface area contributed by atoms with Gasteiger partial charge in [0.05, 0.1) is 7.11 Å². The maximum Gasteiger partial charge on any atom is 0.349 e. The van der Waals surface area contributed by atoms with E-state index in [1.807, 2.05) is 6.07 Å². The number of carbonyl (C=O) groups excluding carboxylic acids is 2. The van der Waals surface area contributed by atoms with E-state index in [4.69, 9.17) is 9.47 Å². The van der Waals surface area contributed by atoms with Gasteiger partial charge in [-0.15, -0.1) is 0 Å². The van der Waals surface area contributed by atoms with E-state index in [0.29, 0.717) is 23.1 Å². The molecule has 1 aromatic rings. The van der Waals surface area contributed by atoms with E-state index in [-0.39, 0.29) is 17.5 Å². The Morgan fingerprint density at radius 3 is 2.59 bits per heavy atom. The highest BCUT2D eigenvalue weighted by molar-refractivity contribution is 5.98. The molecule has 1 fully saturated rings. The minimum absolute atomic E-state index is 0.102. The number of methoxy groups -OCH3 is 1. The van der Waals surface area contributed by atoms with Gasteiger partial charge in [0.15, 0.2) is 6.61 Å². The Balaban J connectivity index is 1.89. The molecule has 27 heavy (non-hydrogen) atoms. The van der Waals surface area contributed by atoms with Gasteiger partial charge in [0.25, 0.3) is 5.91 Å². The molecular formula is C21H26N2O4. The summed E-state index contributed by atoms with van der Waals surface area (Å²) in [4.78, 5) is 24.2. The summed E-state index contributed by atoms with van der Waals surface area (Å²) in [5.41, 5.74) is 0.506. The number of nitrogens with zero attached hydrogens (tertiary/aromatic N) is 1. The van der Waals surface area contributed by atoms with Crippen LogP contribution < -0.4 is 10.1 Å². The number of hydrogen-bond donors (Lipinski definition) is 1. The SMILES string of the molecule is COc1ccc(/C=C(/C#N)C(=O)OCC(=O)N[C@@H]2CCC[C@H](C)[C@@H]2C)cc1. The first-order valence-corrected chi connectivity index (χ1v) is 9.17. The third-order valence-corrected chi connectivity index (χ3v) is 5.15. The molecule has 6 heteroatoms. The van der Waals surface area contributed by atoms with Crippen LogP contribution in [0.2, 0.25) is 0 Å². The van der Waals surface area contributed by atoms with Crippen LogP contribution in [0.5, 0.6) is 5.75 Å². The molecule has 0 spiro atoms. The van der Waals surface area contributed by atoms with Crippen LogP contribution in [0.4, 0.5) is 0 Å². The van der Waals surface area contributed by atoms with Crippen LogP contribution in [0.3, 0.4) is 0 Å². The molecule has 6 nitrogen and oxygen atoms in total. The summed E-state index contributed by atoms with van der Waals surface area (Å²) in [5, 5.41) is 12.1. The van der Waals surface area contributed by atoms with Crippen molar-refractivity contribution < 1.29 is 19.1 Å². The van der Waals surface area contributed by atoms with Gasteiger partial charge in [-0.2, -0.15) is 5.26 Å². The zero-order valence-electron chi connectivity index (χ0n) is 16.0. The van der Waals surface area contributed by atoms with E-state index < -0.39 is 12.6 Å². The van der Waals surface area contributed by atoms with Gasteiger partial charge in [-0.1, -0.05) is 38.8 Å². The lowest BCUT2D eigenvalue weighted by Gasteiger charge is -2.34. The quantitative estimate of drug-likeness (QED) is 0.472. The van der Waals surface area contributed by atoms with Crippen LogP contribution in [0.15, 0.2) is 29.8 Å². The zero-order chi connectivity index (χ0) is 19.8. The predicted octanol–water partition coefficient (Wildman–Crippen LogP) is 3.09. The third-order valence-electron chi connectivity index (χ3n) is 5.15. The monoisotopic (exact) mass is 370 g/mol. The summed E-state index contributed by atoms with van der Waals surface area (Å²) in [6.45, 7) is 3.93. The standard InChI is InChI=1S/C21H26N2O4/c1-14-5-4-6-19(15(14)2)23-20(24)13-27-21(25)17(12-22)11-16-7-9-18(26-3)10-8-16/h7-11,14-15,19H,4-6,13H2,1-3H3,(H,23,24)/b17-11-/t14-,15-,19+/m0/s1. The molecule has 144 valence electrons. The number of esters is 1. The van der Waals surface area contributed by atoms with Crippen LogP contribution in [0.1, 0.15) is 38.7 Å². The van der Waals surface area contributed by atoms with E-state index >= 15 is 0 Å². The molecule has 0 bridgehead atoms. The van der Waals surface area contributed by atoms with Gasteiger partial charge >= 0.3 is 5.97 Å². The molecule has 1 aliphatic carbocycles. The van der Waals surface area contributed by atoms with E-state index in [1.54, 1.807) is 31.4 Å². The number of rotatable bonds is 6. The molecule has 0 unspecified atom stereocenters. The molecule has 0 aromatic heterocycles. The summed E-state index contributed by atoms with van der Waals surface area (Å²) in [7, 11) is 1.56. The van der Waals surface area contributed by atoms with Crippen molar-refractivity contribution in [2.75, 3.05) is 13.7 Å². The number of ether oxygens (including phenoxy) is 2. The number of hydrogen-bond acceptors (Lipinski definition) is 5. The molecule has 1 saturated carbocycles. The van der Waals surface area contributed by atoms with E-state index in [2.05, 4.69) is 19.2 Å². The van der Waals surface area contributed by atoms with Crippen molar-refractivity contribution in [2.45, 2.75) is 39.2 Å². The zero-order valence-corrected chi connectivity index (χ0v) is 16.0. The maximum atomic E-state index is 12.1. The van der Waals surface area contributed by atoms with Gasteiger partial charge in [-0.3, -0.25) is 4.79 Å². The molecule has 0 radical (unpaired) electrons. The highest BCUT2D eigenvalue weighted by Gasteiger charge is 2.28. The lowest BCUT2D eigenvalue weighted by Crippen LogP contribution is -2.45. The van der Waals surface area contributed by atoms with Crippen LogP contribution >= 0.6 is 0 Å². The lowest BCUT2D eigenvalue weighted by atomic mass is 9.78. The Hall–Kier alpha value is -2.81. The number of amides is 1. The summed E-state index contributed by atoms with van der Waals surface area (Å²) in [6.07, 6.45) is 4.61. The molecule has 3 atom stereocenters. The molecular weight excluding hydrogens is 344 g/mol. The second-order valence-corrected chi connectivity index (χ2v) is 6.96. The summed E-state index contributed by atoms with van der Waals surface area (Å²) in [6, 6.07) is 8.83. The van der Waals surface area contributed by atoms with Crippen molar-refractivity contribution >= 4 is 18.0 Å². The third kappa shape index (κ3) is 5.85. The lowest BCUT2D eigenvalue weighted by molar-refractivity contribution is -0.144. The fourth-order valence-corrected chi connectivity index (χ4v) is 3.25. The molecule has 1 aliphatic rings. The van der Waals surface area contributed by atoms with Crippen molar-refractivity contribution in [2.24, 2.45) is 11.8 Å². The first kappa shape index (κ1) is 20.5. The molecule has 0 heterocycles. The molecule has 1 N–H and O–H groups in total. The smallest absolute Gasteiger partial charge is 0.349 e. The summed E-state index contributed by atoms with van der Waals surface area (Å²) < 4.78 is 10.1. The predicted molar refractivity (Wildman–Crippen MR) is 102 cm³/mol. The number of nitrogens with one attached hydrogen (secondary N) is 1. The van der Waals surface area contributed by atoms with Crippen LogP contribution in [-0.4, -0.2) is 31.6 Å². The number of carbonyl (C=O) groups is 2. The summed E-state index contributed by atoms with van der Waals surface area (Å²) >= 11 is 0. The second-order valence-electron chi connectivity index (χ2n) is 6.96. The van der Waals surface area contributed by atoms with Gasteiger partial charge in [-0.05, 0) is 42.0 Å². The topological polar surface area (TPSA) is 88.4 Å². The maximum absolute atomic E-state index is 12.1. The number of nitriles is 1. The second kappa shape index (κ2) is 9.77. The molecule has 1 amide bonds. The fraction of sp³-hybridized carbons (Fsp3) is 0.476. The first-order chi connectivity index (χ1) is 12.9. The van der Waals surface area contributed by atoms with Crippen LogP contribution in [0, 0.1) is 23.2 Å². The van der Waals surface area contributed by atoms with Gasteiger partial charge in [0.2, 0.25) is 0 Å². The Labute approximate surface area is 160 Å². The molecule has 0 aliphatic heterocycles. The van der Waals surface area contributed by atoms with Gasteiger partial charge in [0, 0.05) is 6.04 Å². The molecule has 2 rings (SSSR count). The Morgan fingerprint density at radius 1 is 1.26 bits per heavy atom. The molecule has 1 aromatic carbocycles. The van der Waals surface area contributed by atoms with E-state index in [0.717, 1.165) is 12.8 Å². The first-order valence-electron chi connectivity index (χ1n) is 9.17. The normalized spacial score (nSPS) is 22.4. The Bertz CT molecular complexity index is 734. The number of benzene rings is 1. The average Bonchev–Trinajstić information content (AvgIpc) is 2.68. The van der Waals surface area contributed by atoms with Gasteiger partial charge < -0.3 is 14.8 Å². The van der Waals surface area contributed by atoms with Crippen molar-refractivity contribution in [3.63, 3.8) is 0 Å². The van der Waals surface area contributed by atoms with Crippen molar-refractivity contribution in [3.05, 3.63) is 35.4 Å². The minimum Gasteiger partial charge on any atom is -0.497 e. The van der Waals surface area contributed by atoms with Crippen molar-refractivity contribution in [3.8, 4) is 11.8 Å². The van der Waals surface area contributed by atoms with Crippen molar-refractivity contribution in [1.82, 2.24) is 5.32 Å².